The van der Waals surface area contributed by atoms with Crippen molar-refractivity contribution in [3.05, 3.63) is 34.7 Å². The lowest BCUT2D eigenvalue weighted by Crippen LogP contribution is -2.47. The third kappa shape index (κ3) is 2.85. The lowest BCUT2D eigenvalue weighted by Gasteiger charge is -2.28. The summed E-state index contributed by atoms with van der Waals surface area (Å²) < 4.78 is 14.3. The zero-order valence-corrected chi connectivity index (χ0v) is 12.7. The van der Waals surface area contributed by atoms with Gasteiger partial charge in [0.2, 0.25) is 5.91 Å². The van der Waals surface area contributed by atoms with E-state index >= 15 is 0 Å². The molecule has 0 aromatic carbocycles. The summed E-state index contributed by atoms with van der Waals surface area (Å²) in [6.07, 6.45) is 4.62. The second-order valence-electron chi connectivity index (χ2n) is 6.21. The smallest absolute Gasteiger partial charge is 0.247 e. The van der Waals surface area contributed by atoms with Crippen LogP contribution < -0.4 is 5.32 Å². The van der Waals surface area contributed by atoms with Gasteiger partial charge in [0.05, 0.1) is 6.04 Å². The van der Waals surface area contributed by atoms with Crippen molar-refractivity contribution in [3.8, 4) is 0 Å². The maximum absolute atomic E-state index is 14.3. The number of aromatic amines is 1. The van der Waals surface area contributed by atoms with Crippen LogP contribution in [-0.4, -0.2) is 28.9 Å². The SMILES string of the molecule is CC(=O)C1=C(C(=O)NC2Cc3[nH]ccc3CC2F)CCCC1. The fraction of sp³-hybridized carbons (Fsp3) is 0.529. The topological polar surface area (TPSA) is 62.0 Å². The Balaban J connectivity index is 1.75. The van der Waals surface area contributed by atoms with E-state index in [0.29, 0.717) is 36.8 Å². The molecule has 1 aromatic rings. The Hall–Kier alpha value is -1.91. The van der Waals surface area contributed by atoms with Crippen LogP contribution >= 0.6 is 0 Å². The molecule has 22 heavy (non-hydrogen) atoms. The molecule has 0 fully saturated rings. The number of fused-ring (bicyclic) bond motifs is 1. The number of hydrogen-bond donors (Lipinski definition) is 2. The molecular weight excluding hydrogens is 283 g/mol. The summed E-state index contributed by atoms with van der Waals surface area (Å²) in [5.41, 5.74) is 3.15. The van der Waals surface area contributed by atoms with Crippen LogP contribution in [0.1, 0.15) is 43.9 Å². The van der Waals surface area contributed by atoms with E-state index in [1.165, 1.54) is 6.92 Å². The van der Waals surface area contributed by atoms with E-state index in [0.717, 1.165) is 24.1 Å². The molecule has 2 atom stereocenters. The first-order valence-electron chi connectivity index (χ1n) is 7.89. The Morgan fingerprint density at radius 2 is 1.95 bits per heavy atom. The summed E-state index contributed by atoms with van der Waals surface area (Å²) in [7, 11) is 0. The number of carbonyl (C=O) groups excluding carboxylic acids is 2. The molecule has 0 aliphatic heterocycles. The molecule has 0 radical (unpaired) electrons. The van der Waals surface area contributed by atoms with E-state index < -0.39 is 12.2 Å². The van der Waals surface area contributed by atoms with Gasteiger partial charge < -0.3 is 10.3 Å². The van der Waals surface area contributed by atoms with Crippen molar-refractivity contribution >= 4 is 11.7 Å². The Bertz CT molecular complexity index is 632. The average Bonchev–Trinajstić information content (AvgIpc) is 2.94. The number of alkyl halides is 1. The summed E-state index contributed by atoms with van der Waals surface area (Å²) >= 11 is 0. The van der Waals surface area contributed by atoms with Gasteiger partial charge >= 0.3 is 0 Å². The number of H-pyrrole nitrogens is 1. The zero-order valence-electron chi connectivity index (χ0n) is 12.7. The van der Waals surface area contributed by atoms with E-state index in [4.69, 9.17) is 0 Å². The van der Waals surface area contributed by atoms with E-state index in [2.05, 4.69) is 10.3 Å². The molecule has 1 heterocycles. The first-order valence-corrected chi connectivity index (χ1v) is 7.89. The summed E-state index contributed by atoms with van der Waals surface area (Å²) in [5.74, 6) is -0.315. The number of rotatable bonds is 3. The highest BCUT2D eigenvalue weighted by atomic mass is 19.1. The van der Waals surface area contributed by atoms with Gasteiger partial charge in [0.25, 0.3) is 0 Å². The van der Waals surface area contributed by atoms with Crippen molar-refractivity contribution in [3.63, 3.8) is 0 Å². The number of amides is 1. The molecule has 1 amide bonds. The molecule has 5 heteroatoms. The molecule has 3 rings (SSSR count). The van der Waals surface area contributed by atoms with Crippen LogP contribution in [0.4, 0.5) is 4.39 Å². The number of hydrogen-bond acceptors (Lipinski definition) is 2. The largest absolute Gasteiger partial charge is 0.365 e. The van der Waals surface area contributed by atoms with Crippen molar-refractivity contribution in [2.45, 2.75) is 57.7 Å². The van der Waals surface area contributed by atoms with Crippen LogP contribution in [0.2, 0.25) is 0 Å². The highest BCUT2D eigenvalue weighted by Crippen LogP contribution is 2.27. The normalized spacial score (nSPS) is 24.8. The number of carbonyl (C=O) groups is 2. The van der Waals surface area contributed by atoms with Crippen LogP contribution in [0.25, 0.3) is 0 Å². The van der Waals surface area contributed by atoms with E-state index in [1.807, 2.05) is 6.07 Å². The molecular formula is C17H21FN2O2. The third-order valence-corrected chi connectivity index (χ3v) is 4.69. The number of aromatic nitrogens is 1. The molecule has 4 nitrogen and oxygen atoms in total. The molecule has 1 aromatic heterocycles. The van der Waals surface area contributed by atoms with Crippen LogP contribution in [-0.2, 0) is 22.4 Å². The predicted molar refractivity (Wildman–Crippen MR) is 81.2 cm³/mol. The minimum Gasteiger partial charge on any atom is -0.365 e. The van der Waals surface area contributed by atoms with Crippen LogP contribution in [0.5, 0.6) is 0 Å². The van der Waals surface area contributed by atoms with E-state index in [1.54, 1.807) is 6.20 Å². The maximum atomic E-state index is 14.3. The van der Waals surface area contributed by atoms with E-state index in [9.17, 15) is 14.0 Å². The second-order valence-corrected chi connectivity index (χ2v) is 6.21. The van der Waals surface area contributed by atoms with Gasteiger partial charge in [-0.3, -0.25) is 9.59 Å². The minimum absolute atomic E-state index is 0.0445. The van der Waals surface area contributed by atoms with Crippen molar-refractivity contribution in [1.82, 2.24) is 10.3 Å². The van der Waals surface area contributed by atoms with Gasteiger partial charge in [-0.2, -0.15) is 0 Å². The summed E-state index contributed by atoms with van der Waals surface area (Å²) in [4.78, 5) is 27.3. The van der Waals surface area contributed by atoms with Gasteiger partial charge in [0.1, 0.15) is 6.17 Å². The standard InChI is InChI=1S/C17H21FN2O2/c1-10(21)12-4-2-3-5-13(12)17(22)20-16-9-15-11(6-7-19-15)8-14(16)18/h6-7,14,16,19H,2-5,8-9H2,1H3,(H,20,22). The molecule has 2 unspecified atom stereocenters. The van der Waals surface area contributed by atoms with Crippen molar-refractivity contribution in [2.75, 3.05) is 0 Å². The Labute approximate surface area is 129 Å². The number of nitrogens with one attached hydrogen (secondary N) is 2. The Kier molecular flexibility index (Phi) is 4.14. The highest BCUT2D eigenvalue weighted by Gasteiger charge is 2.32. The number of ketones is 1. The fourth-order valence-corrected chi connectivity index (χ4v) is 3.46. The predicted octanol–water partition coefficient (Wildman–Crippen LogP) is 2.40. The average molecular weight is 304 g/mol. The van der Waals surface area contributed by atoms with Gasteiger partial charge in [-0.15, -0.1) is 0 Å². The first kappa shape index (κ1) is 15.0. The zero-order chi connectivity index (χ0) is 15.7. The number of allylic oxidation sites excluding steroid dienone is 1. The molecule has 2 aliphatic rings. The quantitative estimate of drug-likeness (QED) is 0.900. The molecule has 2 aliphatic carbocycles. The molecule has 0 saturated carbocycles. The minimum atomic E-state index is -1.09. The van der Waals surface area contributed by atoms with Gasteiger partial charge in [0.15, 0.2) is 5.78 Å². The molecule has 0 spiro atoms. The lowest BCUT2D eigenvalue weighted by atomic mass is 9.88. The maximum Gasteiger partial charge on any atom is 0.247 e. The Morgan fingerprint density at radius 1 is 1.23 bits per heavy atom. The highest BCUT2D eigenvalue weighted by molar-refractivity contribution is 6.05. The summed E-state index contributed by atoms with van der Waals surface area (Å²) in [5, 5.41) is 2.81. The van der Waals surface area contributed by atoms with Gasteiger partial charge in [-0.1, -0.05) is 0 Å². The van der Waals surface area contributed by atoms with Crippen LogP contribution in [0, 0.1) is 0 Å². The van der Waals surface area contributed by atoms with Crippen molar-refractivity contribution in [2.24, 2.45) is 0 Å². The molecule has 118 valence electrons. The van der Waals surface area contributed by atoms with Crippen molar-refractivity contribution < 1.29 is 14.0 Å². The monoisotopic (exact) mass is 304 g/mol. The summed E-state index contributed by atoms with van der Waals surface area (Å²) in [6, 6.07) is 1.36. The van der Waals surface area contributed by atoms with Gasteiger partial charge in [-0.05, 0) is 44.2 Å². The van der Waals surface area contributed by atoms with Crippen molar-refractivity contribution in [1.29, 1.82) is 0 Å². The number of halogens is 1. The second kappa shape index (κ2) is 6.07. The summed E-state index contributed by atoms with van der Waals surface area (Å²) in [6.45, 7) is 1.50. The molecule has 2 N–H and O–H groups in total. The number of Topliss-reactive ketones (excluding diaryl/α,β-unsaturated/α-hetero) is 1. The van der Waals surface area contributed by atoms with Gasteiger partial charge in [-0.25, -0.2) is 4.39 Å². The fourth-order valence-electron chi connectivity index (χ4n) is 3.46. The molecule has 0 bridgehead atoms. The first-order chi connectivity index (χ1) is 10.6. The van der Waals surface area contributed by atoms with Crippen LogP contribution in [0.15, 0.2) is 23.4 Å². The molecule has 0 saturated heterocycles. The van der Waals surface area contributed by atoms with E-state index in [-0.39, 0.29) is 11.7 Å². The third-order valence-electron chi connectivity index (χ3n) is 4.69. The van der Waals surface area contributed by atoms with Gasteiger partial charge in [0, 0.05) is 35.9 Å². The van der Waals surface area contributed by atoms with Crippen LogP contribution in [0.3, 0.4) is 0 Å². The Morgan fingerprint density at radius 3 is 2.68 bits per heavy atom. The lowest BCUT2D eigenvalue weighted by molar-refractivity contribution is -0.120.